The molecule has 0 fully saturated rings. The Morgan fingerprint density at radius 2 is 1.76 bits per heavy atom. The minimum absolute atomic E-state index is 0.190. The first kappa shape index (κ1) is 17.7. The van der Waals surface area contributed by atoms with Gasteiger partial charge >= 0.3 is 0 Å². The fourth-order valence-electron chi connectivity index (χ4n) is 2.19. The molecule has 1 aromatic heterocycles. The second-order valence-corrected chi connectivity index (χ2v) is 6.40. The molecule has 0 unspecified atom stereocenters. The van der Waals surface area contributed by atoms with Gasteiger partial charge in [0.25, 0.3) is 0 Å². The van der Waals surface area contributed by atoms with E-state index >= 15 is 0 Å². The molecule has 128 valence electrons. The van der Waals surface area contributed by atoms with Crippen LogP contribution in [0.2, 0.25) is 10.0 Å². The molecule has 0 bridgehead atoms. The fraction of sp³-hybridized carbons (Fsp3) is 0.0588. The van der Waals surface area contributed by atoms with E-state index in [9.17, 15) is 4.39 Å². The number of rotatable bonds is 4. The van der Waals surface area contributed by atoms with Crippen molar-refractivity contribution in [1.82, 2.24) is 9.78 Å². The molecule has 4 nitrogen and oxygen atoms in total. The average molecular weight is 395 g/mol. The first-order valence-electron chi connectivity index (χ1n) is 7.32. The van der Waals surface area contributed by atoms with Gasteiger partial charge < -0.3 is 10.6 Å². The first-order chi connectivity index (χ1) is 12.0. The number of hydrogen-bond acceptors (Lipinski definition) is 2. The molecule has 0 aliphatic carbocycles. The Morgan fingerprint density at radius 1 is 1.04 bits per heavy atom. The van der Waals surface area contributed by atoms with Gasteiger partial charge in [0.2, 0.25) is 0 Å². The highest BCUT2D eigenvalue weighted by molar-refractivity contribution is 7.80. The van der Waals surface area contributed by atoms with Crippen LogP contribution in [0, 0.1) is 5.82 Å². The highest BCUT2D eigenvalue weighted by Crippen LogP contribution is 2.22. The van der Waals surface area contributed by atoms with Crippen LogP contribution in [0.15, 0.2) is 54.7 Å². The summed E-state index contributed by atoms with van der Waals surface area (Å²) in [6.07, 6.45) is 1.67. The second-order valence-electron chi connectivity index (χ2n) is 5.17. The molecule has 8 heteroatoms. The summed E-state index contributed by atoms with van der Waals surface area (Å²) >= 11 is 17.5. The third kappa shape index (κ3) is 4.48. The lowest BCUT2D eigenvalue weighted by Gasteiger charge is -2.09. The van der Waals surface area contributed by atoms with Gasteiger partial charge in [0.15, 0.2) is 10.9 Å². The lowest BCUT2D eigenvalue weighted by atomic mass is 10.2. The lowest BCUT2D eigenvalue weighted by molar-refractivity contribution is 0.632. The van der Waals surface area contributed by atoms with E-state index in [1.165, 1.54) is 6.07 Å². The van der Waals surface area contributed by atoms with Gasteiger partial charge in [0.05, 0.1) is 12.2 Å². The molecule has 0 radical (unpaired) electrons. The Bertz CT molecular complexity index is 913. The van der Waals surface area contributed by atoms with E-state index in [0.717, 1.165) is 5.56 Å². The fourth-order valence-corrected chi connectivity index (χ4v) is 2.79. The van der Waals surface area contributed by atoms with Crippen LogP contribution in [-0.2, 0) is 6.54 Å². The monoisotopic (exact) mass is 394 g/mol. The Balaban J connectivity index is 1.69. The molecule has 0 aliphatic heterocycles. The van der Waals surface area contributed by atoms with Crippen LogP contribution in [0.5, 0.6) is 0 Å². The van der Waals surface area contributed by atoms with Gasteiger partial charge in [0.1, 0.15) is 10.8 Å². The molecule has 1 heterocycles. The van der Waals surface area contributed by atoms with Crippen LogP contribution in [0.25, 0.3) is 0 Å². The summed E-state index contributed by atoms with van der Waals surface area (Å²) in [6.45, 7) is 0.467. The van der Waals surface area contributed by atoms with Crippen molar-refractivity contribution in [1.29, 1.82) is 0 Å². The van der Waals surface area contributed by atoms with Crippen LogP contribution in [0.3, 0.4) is 0 Å². The van der Waals surface area contributed by atoms with Crippen molar-refractivity contribution in [2.24, 2.45) is 0 Å². The zero-order valence-electron chi connectivity index (χ0n) is 12.8. The quantitative estimate of drug-likeness (QED) is 0.597. The van der Waals surface area contributed by atoms with Crippen molar-refractivity contribution >= 4 is 52.0 Å². The van der Waals surface area contributed by atoms with Crippen molar-refractivity contribution in [3.63, 3.8) is 0 Å². The summed E-state index contributed by atoms with van der Waals surface area (Å²) in [4.78, 5) is 0. The second kappa shape index (κ2) is 7.82. The van der Waals surface area contributed by atoms with Crippen molar-refractivity contribution in [3.05, 3.63) is 76.2 Å². The normalized spacial score (nSPS) is 10.5. The van der Waals surface area contributed by atoms with E-state index in [1.807, 2.05) is 24.3 Å². The number of nitrogens with one attached hydrogen (secondary N) is 2. The van der Waals surface area contributed by atoms with Crippen LogP contribution in [-0.4, -0.2) is 14.9 Å². The number of anilines is 2. The third-order valence-corrected chi connectivity index (χ3v) is 4.21. The van der Waals surface area contributed by atoms with Crippen LogP contribution >= 0.6 is 35.4 Å². The molecule has 2 aromatic carbocycles. The van der Waals surface area contributed by atoms with E-state index in [4.69, 9.17) is 35.4 Å². The summed E-state index contributed by atoms with van der Waals surface area (Å²) in [5.74, 6) is -0.0236. The van der Waals surface area contributed by atoms with Crippen LogP contribution in [0.4, 0.5) is 15.9 Å². The summed E-state index contributed by atoms with van der Waals surface area (Å²) in [7, 11) is 0. The minimum Gasteiger partial charge on any atom is -0.330 e. The van der Waals surface area contributed by atoms with Gasteiger partial charge in [-0.25, -0.2) is 4.39 Å². The SMILES string of the molecule is Fc1ccccc1NC(=S)Nc1nn(Cc2ccccc2Cl)cc1Cl. The number of hydrogen-bond donors (Lipinski definition) is 2. The smallest absolute Gasteiger partial charge is 0.176 e. The van der Waals surface area contributed by atoms with Crippen molar-refractivity contribution in [2.45, 2.75) is 6.54 Å². The topological polar surface area (TPSA) is 41.9 Å². The molecule has 0 atom stereocenters. The van der Waals surface area contributed by atoms with Crippen molar-refractivity contribution in [2.75, 3.05) is 10.6 Å². The van der Waals surface area contributed by atoms with Gasteiger partial charge in [-0.3, -0.25) is 4.68 Å². The standard InChI is InChI=1S/C17H13Cl2FN4S/c18-12-6-2-1-5-11(12)9-24-10-13(19)16(23-24)22-17(25)21-15-8-4-3-7-14(15)20/h1-8,10H,9H2,(H2,21,22,23,25). The van der Waals surface area contributed by atoms with E-state index in [2.05, 4.69) is 15.7 Å². The molecule has 0 aliphatic rings. The number of thiocarbonyl (C=S) groups is 1. The van der Waals surface area contributed by atoms with Gasteiger partial charge in [-0.2, -0.15) is 5.10 Å². The molecule has 3 aromatic rings. The van der Waals surface area contributed by atoms with Crippen molar-refractivity contribution < 1.29 is 4.39 Å². The molecule has 2 N–H and O–H groups in total. The maximum absolute atomic E-state index is 13.6. The van der Waals surface area contributed by atoms with Gasteiger partial charge in [-0.1, -0.05) is 53.5 Å². The Hall–Kier alpha value is -2.15. The number of para-hydroxylation sites is 1. The van der Waals surface area contributed by atoms with Gasteiger partial charge in [-0.05, 0) is 36.0 Å². The minimum atomic E-state index is -0.401. The van der Waals surface area contributed by atoms with E-state index < -0.39 is 5.82 Å². The molecule has 0 amide bonds. The largest absolute Gasteiger partial charge is 0.330 e. The molecular weight excluding hydrogens is 382 g/mol. The predicted molar refractivity (Wildman–Crippen MR) is 104 cm³/mol. The summed E-state index contributed by atoms with van der Waals surface area (Å²) in [5, 5.41) is 11.2. The van der Waals surface area contributed by atoms with E-state index in [1.54, 1.807) is 29.1 Å². The molecule has 25 heavy (non-hydrogen) atoms. The molecule has 0 spiro atoms. The lowest BCUT2D eigenvalue weighted by Crippen LogP contribution is -2.20. The average Bonchev–Trinajstić information content (AvgIpc) is 2.91. The summed E-state index contributed by atoms with van der Waals surface area (Å²) < 4.78 is 15.3. The Morgan fingerprint density at radius 3 is 2.52 bits per heavy atom. The zero-order valence-corrected chi connectivity index (χ0v) is 15.2. The predicted octanol–water partition coefficient (Wildman–Crippen LogP) is 5.19. The highest BCUT2D eigenvalue weighted by Gasteiger charge is 2.11. The number of benzene rings is 2. The number of aromatic nitrogens is 2. The number of halogens is 3. The van der Waals surface area contributed by atoms with E-state index in [-0.39, 0.29) is 10.8 Å². The molecular formula is C17H13Cl2FN4S. The zero-order chi connectivity index (χ0) is 17.8. The van der Waals surface area contributed by atoms with E-state index in [0.29, 0.717) is 22.4 Å². The third-order valence-electron chi connectivity index (χ3n) is 3.36. The maximum Gasteiger partial charge on any atom is 0.176 e. The molecule has 0 saturated carbocycles. The van der Waals surface area contributed by atoms with Crippen LogP contribution in [0.1, 0.15) is 5.56 Å². The number of nitrogens with zero attached hydrogens (tertiary/aromatic N) is 2. The van der Waals surface area contributed by atoms with Gasteiger partial charge in [0, 0.05) is 11.2 Å². The van der Waals surface area contributed by atoms with Gasteiger partial charge in [-0.15, -0.1) is 0 Å². The summed E-state index contributed by atoms with van der Waals surface area (Å²) in [5.41, 5.74) is 1.19. The molecule has 3 rings (SSSR count). The highest BCUT2D eigenvalue weighted by atomic mass is 35.5. The Labute approximate surface area is 159 Å². The Kier molecular flexibility index (Phi) is 5.53. The van der Waals surface area contributed by atoms with Crippen LogP contribution < -0.4 is 10.6 Å². The van der Waals surface area contributed by atoms with Crippen molar-refractivity contribution in [3.8, 4) is 0 Å². The molecule has 0 saturated heterocycles. The summed E-state index contributed by atoms with van der Waals surface area (Å²) in [6, 6.07) is 13.7. The maximum atomic E-state index is 13.6. The first-order valence-corrected chi connectivity index (χ1v) is 8.48.